The van der Waals surface area contributed by atoms with Crippen LogP contribution >= 0.6 is 7.82 Å². The van der Waals surface area contributed by atoms with Crippen LogP contribution in [0.1, 0.15) is 174 Å². The topological polar surface area (TPSA) is 94.1 Å². The Morgan fingerprint density at radius 3 is 1.62 bits per heavy atom. The number of ether oxygens (including phenoxy) is 2. The molecule has 286 valence electrons. The summed E-state index contributed by atoms with van der Waals surface area (Å²) in [5.41, 5.74) is 0. The smallest absolute Gasteiger partial charge is 0.306 e. The van der Waals surface area contributed by atoms with Crippen LogP contribution in [0.3, 0.4) is 0 Å². The second kappa shape index (κ2) is 33.4. The van der Waals surface area contributed by atoms with Crippen molar-refractivity contribution in [3.63, 3.8) is 0 Å². The van der Waals surface area contributed by atoms with Crippen LogP contribution in [0.2, 0.25) is 0 Å². The normalized spacial score (nSPS) is 14.0. The highest BCUT2D eigenvalue weighted by molar-refractivity contribution is 7.45. The van der Waals surface area contributed by atoms with E-state index >= 15 is 0 Å². The number of phosphoric acid groups is 1. The van der Waals surface area contributed by atoms with E-state index in [1.165, 1.54) is 109 Å². The average molecular weight is 704 g/mol. The van der Waals surface area contributed by atoms with Gasteiger partial charge in [0, 0.05) is 13.0 Å². The highest BCUT2D eigenvalue weighted by Crippen LogP contribution is 2.38. The Labute approximate surface area is 297 Å². The van der Waals surface area contributed by atoms with E-state index in [-0.39, 0.29) is 25.8 Å². The van der Waals surface area contributed by atoms with Crippen LogP contribution < -0.4 is 4.89 Å². The van der Waals surface area contributed by atoms with Crippen molar-refractivity contribution in [1.29, 1.82) is 0 Å². The zero-order valence-electron chi connectivity index (χ0n) is 32.2. The summed E-state index contributed by atoms with van der Waals surface area (Å²) in [7, 11) is 1.36. The summed E-state index contributed by atoms with van der Waals surface area (Å²) in [6, 6.07) is 0. The van der Waals surface area contributed by atoms with Gasteiger partial charge in [0.25, 0.3) is 7.82 Å². The van der Waals surface area contributed by atoms with Gasteiger partial charge in [-0.2, -0.15) is 0 Å². The fourth-order valence-corrected chi connectivity index (χ4v) is 6.15. The number of likely N-dealkylation sites (N-methyl/N-ethyl adjacent to an activating group) is 1. The first-order valence-electron chi connectivity index (χ1n) is 19.9. The average Bonchev–Trinajstić information content (AvgIpc) is 3.03. The number of hydrogen-bond acceptors (Lipinski definition) is 7. The third-order valence-electron chi connectivity index (χ3n) is 8.57. The number of nitrogens with zero attached hydrogens (tertiary/aromatic N) is 1. The lowest BCUT2D eigenvalue weighted by molar-refractivity contribution is -0.870. The Hall–Kier alpha value is -0.760. The predicted molar refractivity (Wildman–Crippen MR) is 199 cm³/mol. The molecule has 0 aliphatic heterocycles. The van der Waals surface area contributed by atoms with E-state index in [0.29, 0.717) is 24.1 Å². The number of esters is 1. The minimum absolute atomic E-state index is 0.0274. The van der Waals surface area contributed by atoms with Crippen LogP contribution in [-0.2, 0) is 27.9 Å². The Bertz CT molecular complexity index is 787. The number of allylic oxidation sites excluding steroid dienone is 2. The maximum atomic E-state index is 12.6. The molecule has 2 atom stereocenters. The monoisotopic (exact) mass is 704 g/mol. The molecule has 0 bridgehead atoms. The number of hydrogen-bond donors (Lipinski definition) is 0. The molecule has 0 N–H and O–H groups in total. The number of phosphoric ester groups is 1. The zero-order chi connectivity index (χ0) is 35.6. The van der Waals surface area contributed by atoms with Gasteiger partial charge in [-0.3, -0.25) is 9.36 Å². The SMILES string of the molecule is CCCCC/C=C\CCCCCCCC(=O)OC(COCCCCCCCCCCCCCCCC)COP(=O)([O-])OCC[N+](C)(C)C. The van der Waals surface area contributed by atoms with Crippen molar-refractivity contribution >= 4 is 13.8 Å². The summed E-state index contributed by atoms with van der Waals surface area (Å²) >= 11 is 0. The van der Waals surface area contributed by atoms with Crippen LogP contribution in [0.4, 0.5) is 0 Å². The van der Waals surface area contributed by atoms with Gasteiger partial charge < -0.3 is 27.9 Å². The van der Waals surface area contributed by atoms with Gasteiger partial charge in [-0.05, 0) is 38.5 Å². The fraction of sp³-hybridized carbons (Fsp3) is 0.923. The second-order valence-corrected chi connectivity index (χ2v) is 16.1. The molecule has 8 nitrogen and oxygen atoms in total. The summed E-state index contributed by atoms with van der Waals surface area (Å²) in [6.45, 7) is 5.39. The third-order valence-corrected chi connectivity index (χ3v) is 9.53. The summed E-state index contributed by atoms with van der Waals surface area (Å²) in [6.07, 6.45) is 33.5. The number of unbranched alkanes of at least 4 members (excludes halogenated alkanes) is 21. The molecule has 2 unspecified atom stereocenters. The number of quaternary nitrogens is 1. The Balaban J connectivity index is 4.27. The lowest BCUT2D eigenvalue weighted by atomic mass is 10.0. The molecular formula is C39H78NO7P. The number of rotatable bonds is 37. The maximum Gasteiger partial charge on any atom is 0.306 e. The molecule has 0 saturated carbocycles. The Morgan fingerprint density at radius 2 is 1.08 bits per heavy atom. The lowest BCUT2D eigenvalue weighted by Gasteiger charge is -2.28. The molecule has 0 rings (SSSR count). The molecule has 0 aromatic carbocycles. The fourth-order valence-electron chi connectivity index (χ4n) is 5.42. The summed E-state index contributed by atoms with van der Waals surface area (Å²) in [4.78, 5) is 24.9. The molecule has 0 fully saturated rings. The predicted octanol–water partition coefficient (Wildman–Crippen LogP) is 10.5. The van der Waals surface area contributed by atoms with Crippen LogP contribution in [0.5, 0.6) is 0 Å². The quantitative estimate of drug-likeness (QED) is 0.0209. The van der Waals surface area contributed by atoms with E-state index in [9.17, 15) is 14.3 Å². The van der Waals surface area contributed by atoms with E-state index in [0.717, 1.165) is 44.9 Å². The highest BCUT2D eigenvalue weighted by atomic mass is 31.2. The van der Waals surface area contributed by atoms with Gasteiger partial charge in [0.1, 0.15) is 19.3 Å². The van der Waals surface area contributed by atoms with Crippen LogP contribution in [-0.4, -0.2) is 70.7 Å². The maximum absolute atomic E-state index is 12.6. The van der Waals surface area contributed by atoms with Crippen molar-refractivity contribution in [1.82, 2.24) is 0 Å². The lowest BCUT2D eigenvalue weighted by Crippen LogP contribution is -2.37. The van der Waals surface area contributed by atoms with Crippen molar-refractivity contribution in [2.45, 2.75) is 180 Å². The second-order valence-electron chi connectivity index (χ2n) is 14.6. The minimum atomic E-state index is -4.51. The standard InChI is InChI=1S/C39H78NO7P/c1-6-8-10-12-14-16-18-20-21-23-25-27-29-31-34-44-36-38(37-46-48(42,43)45-35-33-40(3,4)5)47-39(41)32-30-28-26-24-22-19-17-15-13-11-9-7-2/h15,17,38H,6-14,16,18-37H2,1-5H3/b17-15-. The Morgan fingerprint density at radius 1 is 0.625 bits per heavy atom. The molecule has 0 heterocycles. The Kier molecular flexibility index (Phi) is 32.9. The van der Waals surface area contributed by atoms with Crippen LogP contribution in [0.15, 0.2) is 12.2 Å². The van der Waals surface area contributed by atoms with E-state index in [1.807, 2.05) is 21.1 Å². The van der Waals surface area contributed by atoms with Gasteiger partial charge >= 0.3 is 5.97 Å². The minimum Gasteiger partial charge on any atom is -0.756 e. The molecule has 0 aliphatic rings. The molecule has 0 aliphatic carbocycles. The van der Waals surface area contributed by atoms with Gasteiger partial charge in [-0.15, -0.1) is 0 Å². The van der Waals surface area contributed by atoms with E-state index in [2.05, 4.69) is 26.0 Å². The molecule has 0 amide bonds. The van der Waals surface area contributed by atoms with Crippen molar-refractivity contribution in [3.05, 3.63) is 12.2 Å². The van der Waals surface area contributed by atoms with Crippen molar-refractivity contribution in [3.8, 4) is 0 Å². The van der Waals surface area contributed by atoms with Gasteiger partial charge in [0.15, 0.2) is 0 Å². The molecule has 0 aromatic rings. The first-order valence-corrected chi connectivity index (χ1v) is 21.4. The first-order chi connectivity index (χ1) is 23.1. The number of carbonyl (C=O) groups is 1. The molecule has 0 spiro atoms. The third kappa shape index (κ3) is 36.5. The van der Waals surface area contributed by atoms with Crippen molar-refractivity contribution < 1.29 is 37.3 Å². The van der Waals surface area contributed by atoms with Crippen LogP contribution in [0, 0.1) is 0 Å². The summed E-state index contributed by atoms with van der Waals surface area (Å²) in [5.74, 6) is -0.342. The van der Waals surface area contributed by atoms with Gasteiger partial charge in [-0.1, -0.05) is 142 Å². The molecule has 9 heteroatoms. The summed E-state index contributed by atoms with van der Waals surface area (Å²) < 4.78 is 34.5. The van der Waals surface area contributed by atoms with E-state index < -0.39 is 13.9 Å². The van der Waals surface area contributed by atoms with Gasteiger partial charge in [0.2, 0.25) is 0 Å². The van der Waals surface area contributed by atoms with E-state index in [4.69, 9.17) is 18.5 Å². The molecule has 0 radical (unpaired) electrons. The number of carbonyl (C=O) groups excluding carboxylic acids is 1. The van der Waals surface area contributed by atoms with Crippen molar-refractivity contribution in [2.24, 2.45) is 0 Å². The van der Waals surface area contributed by atoms with Gasteiger partial charge in [0.05, 0.1) is 34.4 Å². The molecule has 0 saturated heterocycles. The van der Waals surface area contributed by atoms with Crippen molar-refractivity contribution in [2.75, 3.05) is 54.1 Å². The zero-order valence-corrected chi connectivity index (χ0v) is 33.1. The van der Waals surface area contributed by atoms with Crippen LogP contribution in [0.25, 0.3) is 0 Å². The summed E-state index contributed by atoms with van der Waals surface area (Å²) in [5, 5.41) is 0. The largest absolute Gasteiger partial charge is 0.756 e. The van der Waals surface area contributed by atoms with Gasteiger partial charge in [-0.25, -0.2) is 0 Å². The van der Waals surface area contributed by atoms with E-state index in [1.54, 1.807) is 0 Å². The highest BCUT2D eigenvalue weighted by Gasteiger charge is 2.20. The molecule has 0 aromatic heterocycles. The molecule has 48 heavy (non-hydrogen) atoms. The first kappa shape index (κ1) is 47.2. The molecular weight excluding hydrogens is 625 g/mol.